The van der Waals surface area contributed by atoms with Crippen LogP contribution in [-0.4, -0.2) is 12.6 Å². The lowest BCUT2D eigenvalue weighted by molar-refractivity contribution is 0.0789. The second kappa shape index (κ2) is 4.01. The molecular formula is C16H21NS. The Morgan fingerprint density at radius 3 is 3.11 bits per heavy atom. The summed E-state index contributed by atoms with van der Waals surface area (Å²) < 4.78 is 0. The lowest BCUT2D eigenvalue weighted by Gasteiger charge is -2.56. The first kappa shape index (κ1) is 11.4. The molecule has 0 amide bonds. The number of benzene rings is 1. The predicted molar refractivity (Wildman–Crippen MR) is 77.4 cm³/mol. The van der Waals surface area contributed by atoms with Crippen molar-refractivity contribution in [2.45, 2.75) is 54.9 Å². The van der Waals surface area contributed by atoms with Crippen LogP contribution >= 0.6 is 12.6 Å². The minimum Gasteiger partial charge on any atom is -0.313 e. The average molecular weight is 259 g/mol. The first-order valence-corrected chi connectivity index (χ1v) is 7.81. The Kier molecular flexibility index (Phi) is 2.53. The van der Waals surface area contributed by atoms with E-state index < -0.39 is 0 Å². The van der Waals surface area contributed by atoms with Gasteiger partial charge in [-0.05, 0) is 55.3 Å². The minimum absolute atomic E-state index is 0.487. The van der Waals surface area contributed by atoms with Gasteiger partial charge in [-0.15, -0.1) is 12.6 Å². The van der Waals surface area contributed by atoms with Crippen molar-refractivity contribution >= 4 is 12.6 Å². The molecule has 0 unspecified atom stereocenters. The highest BCUT2D eigenvalue weighted by Gasteiger charge is 2.51. The molecule has 1 aliphatic heterocycles. The van der Waals surface area contributed by atoms with Crippen molar-refractivity contribution < 1.29 is 0 Å². The molecule has 1 aromatic carbocycles. The summed E-state index contributed by atoms with van der Waals surface area (Å²) in [6.45, 7) is 1.21. The monoisotopic (exact) mass is 259 g/mol. The molecule has 2 fully saturated rings. The number of rotatable bonds is 0. The van der Waals surface area contributed by atoms with Gasteiger partial charge in [0.1, 0.15) is 0 Å². The molecule has 1 saturated carbocycles. The summed E-state index contributed by atoms with van der Waals surface area (Å²) in [5.74, 6) is 0.877. The van der Waals surface area contributed by atoms with Crippen LogP contribution in [0.25, 0.3) is 0 Å². The predicted octanol–water partition coefficient (Wildman–Crippen LogP) is 3.32. The van der Waals surface area contributed by atoms with E-state index in [1.165, 1.54) is 55.5 Å². The van der Waals surface area contributed by atoms with Crippen LogP contribution in [0, 0.1) is 5.92 Å². The molecule has 18 heavy (non-hydrogen) atoms. The van der Waals surface area contributed by atoms with Crippen molar-refractivity contribution in [3.05, 3.63) is 29.3 Å². The summed E-state index contributed by atoms with van der Waals surface area (Å²) in [5.41, 5.74) is 3.68. The second-order valence-electron chi connectivity index (χ2n) is 6.33. The van der Waals surface area contributed by atoms with Gasteiger partial charge in [0.15, 0.2) is 0 Å². The van der Waals surface area contributed by atoms with Gasteiger partial charge in [-0.2, -0.15) is 0 Å². The van der Waals surface area contributed by atoms with E-state index in [2.05, 4.69) is 23.5 Å². The van der Waals surface area contributed by atoms with Gasteiger partial charge in [0, 0.05) is 16.4 Å². The third-order valence-corrected chi connectivity index (χ3v) is 6.09. The Bertz CT molecular complexity index is 480. The minimum atomic E-state index is 0.487. The van der Waals surface area contributed by atoms with Gasteiger partial charge in [0.05, 0.1) is 0 Å². The average Bonchev–Trinajstić information content (AvgIpc) is 2.40. The van der Waals surface area contributed by atoms with E-state index in [4.69, 9.17) is 12.6 Å². The van der Waals surface area contributed by atoms with Crippen LogP contribution in [0.1, 0.15) is 43.2 Å². The van der Waals surface area contributed by atoms with Crippen LogP contribution in [0.3, 0.4) is 0 Å². The molecule has 1 heterocycles. The zero-order valence-electron chi connectivity index (χ0n) is 10.8. The molecule has 3 aliphatic rings. The first-order valence-electron chi connectivity index (χ1n) is 7.36. The quantitative estimate of drug-likeness (QED) is 0.681. The fourth-order valence-electron chi connectivity index (χ4n) is 4.95. The third-order valence-electron chi connectivity index (χ3n) is 5.67. The Hall–Kier alpha value is -0.470. The number of nitrogens with one attached hydrogen (secondary N) is 1. The number of thiol groups is 1. The summed E-state index contributed by atoms with van der Waals surface area (Å²) in [7, 11) is 0. The molecule has 0 aromatic heterocycles. The topological polar surface area (TPSA) is 12.0 Å². The largest absolute Gasteiger partial charge is 0.313 e. The highest BCUT2D eigenvalue weighted by Crippen LogP contribution is 2.54. The highest BCUT2D eigenvalue weighted by molar-refractivity contribution is 7.80. The summed E-state index contributed by atoms with van der Waals surface area (Å²) in [5, 5.41) is 3.78. The van der Waals surface area contributed by atoms with Crippen molar-refractivity contribution in [1.82, 2.24) is 5.32 Å². The molecule has 0 radical (unpaired) electrons. The molecule has 2 aliphatic carbocycles. The Labute approximate surface area is 115 Å². The van der Waals surface area contributed by atoms with Gasteiger partial charge in [-0.1, -0.05) is 25.0 Å². The van der Waals surface area contributed by atoms with Crippen LogP contribution in [-0.2, 0) is 11.8 Å². The van der Waals surface area contributed by atoms with E-state index >= 15 is 0 Å². The molecule has 3 atom stereocenters. The summed E-state index contributed by atoms with van der Waals surface area (Å²) in [6, 6.07) is 7.48. The number of fused-ring (bicyclic) bond motifs is 1. The normalized spacial score (nSPS) is 37.8. The van der Waals surface area contributed by atoms with Crippen molar-refractivity contribution in [2.75, 3.05) is 6.54 Å². The standard InChI is InChI=1S/C16H21NS/c18-15-6-3-5-12-11(15)10-14-13-4-1-2-7-16(12,13)8-9-17-14/h3,5-6,13-14,17-18H,1-2,4,7-10H2/t13-,14+,16-/m0/s1. The van der Waals surface area contributed by atoms with Crippen molar-refractivity contribution in [1.29, 1.82) is 0 Å². The van der Waals surface area contributed by atoms with E-state index in [0.29, 0.717) is 11.5 Å². The molecule has 96 valence electrons. The summed E-state index contributed by atoms with van der Waals surface area (Å²) in [6.07, 6.45) is 8.20. The van der Waals surface area contributed by atoms with E-state index in [-0.39, 0.29) is 0 Å². The van der Waals surface area contributed by atoms with E-state index in [9.17, 15) is 0 Å². The number of hydrogen-bond donors (Lipinski definition) is 2. The van der Waals surface area contributed by atoms with Gasteiger partial charge in [0.2, 0.25) is 0 Å². The molecule has 1 aromatic rings. The maximum Gasteiger partial charge on any atom is 0.0145 e. The number of hydrogen-bond acceptors (Lipinski definition) is 2. The van der Waals surface area contributed by atoms with E-state index in [0.717, 1.165) is 5.92 Å². The molecular weight excluding hydrogens is 238 g/mol. The van der Waals surface area contributed by atoms with E-state index in [1.54, 1.807) is 5.56 Å². The molecule has 2 bridgehead atoms. The number of piperidine rings is 1. The first-order chi connectivity index (χ1) is 8.81. The van der Waals surface area contributed by atoms with Gasteiger partial charge in [-0.3, -0.25) is 0 Å². The van der Waals surface area contributed by atoms with Gasteiger partial charge >= 0.3 is 0 Å². The Balaban J connectivity index is 1.93. The fourth-order valence-corrected chi connectivity index (χ4v) is 5.24. The van der Waals surface area contributed by atoms with Crippen LogP contribution in [0.5, 0.6) is 0 Å². The Morgan fingerprint density at radius 2 is 2.17 bits per heavy atom. The molecule has 1 saturated heterocycles. The maximum atomic E-state index is 4.70. The van der Waals surface area contributed by atoms with Crippen LogP contribution < -0.4 is 5.32 Å². The SMILES string of the molecule is Sc1cccc2c1C[C@H]1NCC[C@@]23CCCC[C@@H]13. The zero-order chi connectivity index (χ0) is 12.2. The van der Waals surface area contributed by atoms with Crippen molar-refractivity contribution in [2.24, 2.45) is 5.92 Å². The van der Waals surface area contributed by atoms with Gasteiger partial charge in [-0.25, -0.2) is 0 Å². The van der Waals surface area contributed by atoms with Gasteiger partial charge < -0.3 is 5.32 Å². The van der Waals surface area contributed by atoms with Crippen molar-refractivity contribution in [3.8, 4) is 0 Å². The van der Waals surface area contributed by atoms with E-state index in [1.807, 2.05) is 0 Å². The fraction of sp³-hybridized carbons (Fsp3) is 0.625. The second-order valence-corrected chi connectivity index (χ2v) is 6.81. The molecule has 2 heteroatoms. The van der Waals surface area contributed by atoms with Crippen LogP contribution in [0.15, 0.2) is 23.1 Å². The molecule has 0 spiro atoms. The maximum absolute atomic E-state index is 4.70. The highest BCUT2D eigenvalue weighted by atomic mass is 32.1. The lowest BCUT2D eigenvalue weighted by Crippen LogP contribution is -2.59. The summed E-state index contributed by atoms with van der Waals surface area (Å²) >= 11 is 4.70. The summed E-state index contributed by atoms with van der Waals surface area (Å²) in [4.78, 5) is 1.21. The zero-order valence-corrected chi connectivity index (χ0v) is 11.7. The molecule has 4 rings (SSSR count). The van der Waals surface area contributed by atoms with Crippen molar-refractivity contribution in [3.63, 3.8) is 0 Å². The third kappa shape index (κ3) is 1.39. The van der Waals surface area contributed by atoms with Crippen LogP contribution in [0.4, 0.5) is 0 Å². The molecule has 1 nitrogen and oxygen atoms in total. The van der Waals surface area contributed by atoms with Crippen LogP contribution in [0.2, 0.25) is 0 Å². The Morgan fingerprint density at radius 1 is 1.22 bits per heavy atom. The smallest absolute Gasteiger partial charge is 0.0145 e. The lowest BCUT2D eigenvalue weighted by atomic mass is 9.53. The van der Waals surface area contributed by atoms with Gasteiger partial charge in [0.25, 0.3) is 0 Å². The molecule has 1 N–H and O–H groups in total.